The number of hydrogen-bond acceptors (Lipinski definition) is 5. The smallest absolute Gasteiger partial charge is 0.337 e. The number of carbonyl (C=O) groups is 2. The van der Waals surface area contributed by atoms with Crippen LogP contribution in [0.3, 0.4) is 0 Å². The summed E-state index contributed by atoms with van der Waals surface area (Å²) < 4.78 is 11.1. The second-order valence-corrected chi connectivity index (χ2v) is 5.67. The fourth-order valence-electron chi connectivity index (χ4n) is 2.77. The van der Waals surface area contributed by atoms with E-state index in [0.29, 0.717) is 31.2 Å². The van der Waals surface area contributed by atoms with Gasteiger partial charge in [-0.1, -0.05) is 0 Å². The van der Waals surface area contributed by atoms with Gasteiger partial charge in [-0.05, 0) is 38.1 Å². The van der Waals surface area contributed by atoms with E-state index in [0.717, 1.165) is 5.76 Å². The van der Waals surface area contributed by atoms with Crippen molar-refractivity contribution in [2.24, 2.45) is 0 Å². The van der Waals surface area contributed by atoms with Crippen molar-refractivity contribution in [3.05, 3.63) is 52.7 Å². The second kappa shape index (κ2) is 6.45. The minimum Gasteiger partial charge on any atom is -0.478 e. The molecule has 0 spiro atoms. The van der Waals surface area contributed by atoms with Crippen LogP contribution in [0.15, 0.2) is 28.7 Å². The molecule has 3 rings (SSSR count). The summed E-state index contributed by atoms with van der Waals surface area (Å²) in [5.41, 5.74) is 0.617. The van der Waals surface area contributed by atoms with Gasteiger partial charge in [0.15, 0.2) is 0 Å². The molecule has 3 heterocycles. The zero-order valence-electron chi connectivity index (χ0n) is 13.5. The van der Waals surface area contributed by atoms with Crippen molar-refractivity contribution in [2.75, 3.05) is 19.8 Å². The third-order valence-corrected chi connectivity index (χ3v) is 4.01. The lowest BCUT2D eigenvalue weighted by Gasteiger charge is -2.34. The Bertz CT molecular complexity index is 783. The van der Waals surface area contributed by atoms with Crippen LogP contribution in [0.25, 0.3) is 0 Å². The Morgan fingerprint density at radius 3 is 2.67 bits per heavy atom. The van der Waals surface area contributed by atoms with Gasteiger partial charge >= 0.3 is 5.97 Å². The van der Waals surface area contributed by atoms with Crippen molar-refractivity contribution < 1.29 is 23.8 Å². The molecule has 7 nitrogen and oxygen atoms in total. The highest BCUT2D eigenvalue weighted by Crippen LogP contribution is 2.27. The van der Waals surface area contributed by atoms with Gasteiger partial charge in [-0.3, -0.25) is 4.79 Å². The fraction of sp³-hybridized carbons (Fsp3) is 0.353. The van der Waals surface area contributed by atoms with E-state index < -0.39 is 5.97 Å². The molecule has 0 aromatic carbocycles. The van der Waals surface area contributed by atoms with E-state index in [9.17, 15) is 9.59 Å². The molecule has 24 heavy (non-hydrogen) atoms. The minimum atomic E-state index is -1.06. The molecule has 0 saturated carbocycles. The van der Waals surface area contributed by atoms with Crippen molar-refractivity contribution in [2.45, 2.75) is 19.9 Å². The van der Waals surface area contributed by atoms with Gasteiger partial charge in [-0.25, -0.2) is 9.78 Å². The van der Waals surface area contributed by atoms with Crippen molar-refractivity contribution in [1.82, 2.24) is 9.88 Å². The Balaban J connectivity index is 1.89. The Hall–Kier alpha value is -2.67. The highest BCUT2D eigenvalue weighted by atomic mass is 16.5. The third-order valence-electron chi connectivity index (χ3n) is 4.01. The van der Waals surface area contributed by atoms with E-state index in [2.05, 4.69) is 4.98 Å². The number of aromatic nitrogens is 1. The zero-order chi connectivity index (χ0) is 17.3. The molecule has 1 saturated heterocycles. The summed E-state index contributed by atoms with van der Waals surface area (Å²) in [6.45, 7) is 4.63. The van der Waals surface area contributed by atoms with Crippen molar-refractivity contribution in [3.63, 3.8) is 0 Å². The molecule has 0 bridgehead atoms. The predicted molar refractivity (Wildman–Crippen MR) is 84.0 cm³/mol. The Morgan fingerprint density at radius 2 is 2.04 bits per heavy atom. The number of aromatic carboxylic acids is 1. The second-order valence-electron chi connectivity index (χ2n) is 5.67. The molecule has 2 aromatic heterocycles. The van der Waals surface area contributed by atoms with Gasteiger partial charge in [0.2, 0.25) is 0 Å². The van der Waals surface area contributed by atoms with Crippen molar-refractivity contribution in [1.29, 1.82) is 0 Å². The first-order chi connectivity index (χ1) is 11.5. The molecule has 1 fully saturated rings. The number of hydrogen-bond donors (Lipinski definition) is 1. The van der Waals surface area contributed by atoms with E-state index in [4.69, 9.17) is 14.3 Å². The van der Waals surface area contributed by atoms with Gasteiger partial charge in [-0.15, -0.1) is 0 Å². The maximum Gasteiger partial charge on any atom is 0.337 e. The van der Waals surface area contributed by atoms with E-state index in [-0.39, 0.29) is 23.2 Å². The largest absolute Gasteiger partial charge is 0.478 e. The number of ether oxygens (including phenoxy) is 1. The molecular formula is C17H18N2O5. The highest BCUT2D eigenvalue weighted by Gasteiger charge is 2.32. The lowest BCUT2D eigenvalue weighted by Crippen LogP contribution is -2.43. The normalized spacial score (nSPS) is 17.8. The number of carbonyl (C=O) groups excluding carboxylic acids is 1. The van der Waals surface area contributed by atoms with Crippen LogP contribution in [-0.2, 0) is 4.74 Å². The molecule has 1 N–H and O–H groups in total. The topological polar surface area (TPSA) is 92.9 Å². The van der Waals surface area contributed by atoms with Gasteiger partial charge in [0.1, 0.15) is 23.3 Å². The monoisotopic (exact) mass is 330 g/mol. The summed E-state index contributed by atoms with van der Waals surface area (Å²) in [7, 11) is 0. The van der Waals surface area contributed by atoms with Crippen LogP contribution < -0.4 is 0 Å². The van der Waals surface area contributed by atoms with Gasteiger partial charge in [0.25, 0.3) is 5.91 Å². The molecule has 1 atom stereocenters. The number of furan rings is 1. The summed E-state index contributed by atoms with van der Waals surface area (Å²) in [5.74, 6) is 0.105. The quantitative estimate of drug-likeness (QED) is 0.927. The Kier molecular flexibility index (Phi) is 4.35. The van der Waals surface area contributed by atoms with Gasteiger partial charge in [0, 0.05) is 6.54 Å². The lowest BCUT2D eigenvalue weighted by atomic mass is 10.1. The first kappa shape index (κ1) is 16.2. The van der Waals surface area contributed by atoms with Crippen molar-refractivity contribution in [3.8, 4) is 0 Å². The minimum absolute atomic E-state index is 0.0896. The number of carboxylic acids is 1. The fourth-order valence-corrected chi connectivity index (χ4v) is 2.77. The molecule has 1 aliphatic rings. The van der Waals surface area contributed by atoms with Crippen LogP contribution in [0.4, 0.5) is 0 Å². The molecule has 1 aliphatic heterocycles. The van der Waals surface area contributed by atoms with Crippen LogP contribution in [0.1, 0.15) is 44.1 Å². The Labute approximate surface area is 138 Å². The first-order valence-corrected chi connectivity index (χ1v) is 7.63. The summed E-state index contributed by atoms with van der Waals surface area (Å²) in [6, 6.07) is 6.21. The van der Waals surface area contributed by atoms with Crippen LogP contribution >= 0.6 is 0 Å². The molecule has 126 valence electrons. The number of nitrogens with zero attached hydrogens (tertiary/aromatic N) is 2. The maximum atomic E-state index is 12.8. The molecule has 0 radical (unpaired) electrons. The predicted octanol–water partition coefficient (Wildman–Crippen LogP) is 2.20. The zero-order valence-corrected chi connectivity index (χ0v) is 13.5. The maximum absolute atomic E-state index is 12.8. The van der Waals surface area contributed by atoms with Gasteiger partial charge in [0.05, 0.1) is 24.5 Å². The standard InChI is InChI=1S/C17H18N2O5/c1-10-3-6-15(24-10)14-9-23-8-7-19(14)16(20)13-5-4-12(17(21)22)11(2)18-13/h3-6,14H,7-9H2,1-2H3,(H,21,22). The van der Waals surface area contributed by atoms with Gasteiger partial charge < -0.3 is 19.2 Å². The summed E-state index contributed by atoms with van der Waals surface area (Å²) >= 11 is 0. The van der Waals surface area contributed by atoms with E-state index in [1.54, 1.807) is 11.8 Å². The first-order valence-electron chi connectivity index (χ1n) is 7.63. The number of rotatable bonds is 3. The molecule has 7 heteroatoms. The molecule has 1 unspecified atom stereocenters. The SMILES string of the molecule is Cc1ccc(C2COCCN2C(=O)c2ccc(C(=O)O)c(C)n2)o1. The lowest BCUT2D eigenvalue weighted by molar-refractivity contribution is -0.00925. The molecule has 0 aliphatic carbocycles. The number of amides is 1. The molecular weight excluding hydrogens is 312 g/mol. The third kappa shape index (κ3) is 3.03. The van der Waals surface area contributed by atoms with Crippen molar-refractivity contribution >= 4 is 11.9 Å². The number of pyridine rings is 1. The summed E-state index contributed by atoms with van der Waals surface area (Å²) in [4.78, 5) is 29.7. The van der Waals surface area contributed by atoms with Gasteiger partial charge in [-0.2, -0.15) is 0 Å². The van der Waals surface area contributed by atoms with Crippen LogP contribution in [0.2, 0.25) is 0 Å². The molecule has 2 aromatic rings. The average molecular weight is 330 g/mol. The summed E-state index contributed by atoms with van der Waals surface area (Å²) in [6.07, 6.45) is 0. The van der Waals surface area contributed by atoms with E-state index in [1.807, 2.05) is 19.1 Å². The molecule has 1 amide bonds. The Morgan fingerprint density at radius 1 is 1.25 bits per heavy atom. The van der Waals surface area contributed by atoms with Crippen LogP contribution in [0, 0.1) is 13.8 Å². The highest BCUT2D eigenvalue weighted by molar-refractivity contribution is 5.94. The number of morpholine rings is 1. The number of aryl methyl sites for hydroxylation is 2. The van der Waals surface area contributed by atoms with E-state index >= 15 is 0 Å². The number of carboxylic acid groups (broad SMARTS) is 1. The van der Waals surface area contributed by atoms with Crippen LogP contribution in [0.5, 0.6) is 0 Å². The summed E-state index contributed by atoms with van der Waals surface area (Å²) in [5, 5.41) is 9.07. The van der Waals surface area contributed by atoms with E-state index in [1.165, 1.54) is 12.1 Å². The average Bonchev–Trinajstić information content (AvgIpc) is 3.00. The van der Waals surface area contributed by atoms with Crippen LogP contribution in [-0.4, -0.2) is 46.6 Å².